The van der Waals surface area contributed by atoms with Gasteiger partial charge in [-0.2, -0.15) is 0 Å². The van der Waals surface area contributed by atoms with E-state index >= 15 is 0 Å². The average molecular weight is 290 g/mol. The van der Waals surface area contributed by atoms with E-state index in [2.05, 4.69) is 19.2 Å². The van der Waals surface area contributed by atoms with Gasteiger partial charge in [0.05, 0.1) is 0 Å². The fraction of sp³-hybridized carbons (Fsp3) is 0.588. The monoisotopic (exact) mass is 290 g/mol. The van der Waals surface area contributed by atoms with Gasteiger partial charge in [-0.15, -0.1) is 0 Å². The Morgan fingerprint density at radius 2 is 2.24 bits per heavy atom. The Bertz CT molecular complexity index is 494. The van der Waals surface area contributed by atoms with Crippen LogP contribution in [0.1, 0.15) is 42.6 Å². The molecule has 4 nitrogen and oxygen atoms in total. The summed E-state index contributed by atoms with van der Waals surface area (Å²) in [4.78, 5) is 14.8. The largest absolute Gasteiger partial charge is 0.508 e. The van der Waals surface area contributed by atoms with Gasteiger partial charge >= 0.3 is 0 Å². The molecule has 0 spiro atoms. The number of piperidine rings is 1. The van der Waals surface area contributed by atoms with E-state index in [9.17, 15) is 9.90 Å². The van der Waals surface area contributed by atoms with Crippen LogP contribution in [0.3, 0.4) is 0 Å². The normalized spacial score (nSPS) is 18.8. The second-order valence-corrected chi connectivity index (χ2v) is 6.26. The van der Waals surface area contributed by atoms with Crippen LogP contribution in [0.5, 0.6) is 5.75 Å². The molecule has 0 aliphatic carbocycles. The Labute approximate surface area is 127 Å². The molecule has 0 radical (unpaired) electrons. The number of hydrogen-bond donors (Lipinski definition) is 2. The smallest absolute Gasteiger partial charge is 0.254 e. The number of nitrogens with one attached hydrogen (secondary N) is 1. The lowest BCUT2D eigenvalue weighted by molar-refractivity contribution is 0.0660. The van der Waals surface area contributed by atoms with Crippen LogP contribution in [0.25, 0.3) is 0 Å². The summed E-state index contributed by atoms with van der Waals surface area (Å²) in [5.41, 5.74) is 1.51. The Hall–Kier alpha value is -1.55. The predicted molar refractivity (Wildman–Crippen MR) is 84.6 cm³/mol. The number of phenols is 1. The molecule has 1 unspecified atom stereocenters. The highest BCUT2D eigenvalue weighted by Gasteiger charge is 2.24. The van der Waals surface area contributed by atoms with Crippen molar-refractivity contribution in [3.63, 3.8) is 0 Å². The second kappa shape index (κ2) is 6.94. The molecule has 4 heteroatoms. The van der Waals surface area contributed by atoms with Gasteiger partial charge in [0.1, 0.15) is 5.75 Å². The molecule has 1 aliphatic rings. The van der Waals surface area contributed by atoms with Crippen molar-refractivity contribution in [2.75, 3.05) is 19.6 Å². The molecule has 21 heavy (non-hydrogen) atoms. The maximum Gasteiger partial charge on any atom is 0.254 e. The zero-order chi connectivity index (χ0) is 15.4. The number of nitrogens with zero attached hydrogens (tertiary/aromatic N) is 1. The van der Waals surface area contributed by atoms with E-state index in [0.717, 1.165) is 25.2 Å². The molecule has 1 amide bonds. The first kappa shape index (κ1) is 15.8. The van der Waals surface area contributed by atoms with Gasteiger partial charge in [0, 0.05) is 18.2 Å². The third-order valence-corrected chi connectivity index (χ3v) is 4.18. The van der Waals surface area contributed by atoms with E-state index < -0.39 is 0 Å². The highest BCUT2D eigenvalue weighted by Crippen LogP contribution is 2.20. The van der Waals surface area contributed by atoms with E-state index in [4.69, 9.17) is 0 Å². The highest BCUT2D eigenvalue weighted by atomic mass is 16.3. The molecular formula is C17H26N2O2. The van der Waals surface area contributed by atoms with Gasteiger partial charge in [-0.05, 0) is 76.4 Å². The van der Waals surface area contributed by atoms with Gasteiger partial charge in [-0.3, -0.25) is 4.79 Å². The lowest BCUT2D eigenvalue weighted by atomic mass is 9.97. The summed E-state index contributed by atoms with van der Waals surface area (Å²) in [6, 6.07) is 5.13. The van der Waals surface area contributed by atoms with Crippen molar-refractivity contribution in [2.24, 2.45) is 5.92 Å². The Morgan fingerprint density at radius 1 is 1.48 bits per heavy atom. The molecule has 0 bridgehead atoms. The van der Waals surface area contributed by atoms with E-state index in [1.165, 1.54) is 12.8 Å². The topological polar surface area (TPSA) is 52.6 Å². The van der Waals surface area contributed by atoms with Gasteiger partial charge in [-0.1, -0.05) is 0 Å². The lowest BCUT2D eigenvalue weighted by Crippen LogP contribution is -2.44. The number of amides is 1. The summed E-state index contributed by atoms with van der Waals surface area (Å²) < 4.78 is 0. The predicted octanol–water partition coefficient (Wildman–Crippen LogP) is 2.55. The molecule has 1 heterocycles. The van der Waals surface area contributed by atoms with Crippen molar-refractivity contribution < 1.29 is 9.90 Å². The first-order valence-corrected chi connectivity index (χ1v) is 7.80. The molecule has 0 aromatic heterocycles. The van der Waals surface area contributed by atoms with Gasteiger partial charge in [-0.25, -0.2) is 0 Å². The summed E-state index contributed by atoms with van der Waals surface area (Å²) in [5.74, 6) is 0.798. The van der Waals surface area contributed by atoms with Crippen molar-refractivity contribution >= 4 is 5.91 Å². The number of rotatable bonds is 4. The Morgan fingerprint density at radius 3 is 2.81 bits per heavy atom. The van der Waals surface area contributed by atoms with Crippen molar-refractivity contribution in [1.82, 2.24) is 10.2 Å². The summed E-state index contributed by atoms with van der Waals surface area (Å²) in [6.45, 7) is 8.86. The third kappa shape index (κ3) is 3.97. The van der Waals surface area contributed by atoms with Gasteiger partial charge in [0.25, 0.3) is 5.91 Å². The zero-order valence-electron chi connectivity index (χ0n) is 13.2. The van der Waals surface area contributed by atoms with Gasteiger partial charge < -0.3 is 15.3 Å². The van der Waals surface area contributed by atoms with Crippen molar-refractivity contribution in [2.45, 2.75) is 39.7 Å². The zero-order valence-corrected chi connectivity index (χ0v) is 13.2. The van der Waals surface area contributed by atoms with Crippen LogP contribution in [-0.4, -0.2) is 41.6 Å². The minimum atomic E-state index is 0.0630. The number of carbonyl (C=O) groups is 1. The molecule has 2 N–H and O–H groups in total. The SMILES string of the molecule is Cc1cc(O)ccc1C(=O)N(CC1CCCNC1)C(C)C. The van der Waals surface area contributed by atoms with E-state index in [1.54, 1.807) is 18.2 Å². The lowest BCUT2D eigenvalue weighted by Gasteiger charge is -2.33. The Balaban J connectivity index is 2.14. The van der Waals surface area contributed by atoms with Crippen molar-refractivity contribution in [1.29, 1.82) is 0 Å². The number of phenolic OH excluding ortho intramolecular Hbond substituents is 1. The average Bonchev–Trinajstić information content (AvgIpc) is 2.45. The first-order chi connectivity index (χ1) is 9.99. The van der Waals surface area contributed by atoms with Crippen LogP contribution in [0.2, 0.25) is 0 Å². The number of benzene rings is 1. The van der Waals surface area contributed by atoms with Crippen LogP contribution in [0.4, 0.5) is 0 Å². The number of hydrogen-bond acceptors (Lipinski definition) is 3. The van der Waals surface area contributed by atoms with Crippen molar-refractivity contribution in [3.8, 4) is 5.75 Å². The summed E-state index contributed by atoms with van der Waals surface area (Å²) in [5, 5.41) is 12.9. The molecule has 1 aliphatic heterocycles. The molecular weight excluding hydrogens is 264 g/mol. The fourth-order valence-electron chi connectivity index (χ4n) is 2.93. The molecule has 1 atom stereocenters. The van der Waals surface area contributed by atoms with Crippen LogP contribution in [0, 0.1) is 12.8 Å². The minimum Gasteiger partial charge on any atom is -0.508 e. The summed E-state index contributed by atoms with van der Waals surface area (Å²) >= 11 is 0. The molecule has 2 rings (SSSR count). The molecule has 1 fully saturated rings. The Kier molecular flexibility index (Phi) is 5.23. The van der Waals surface area contributed by atoms with Crippen LogP contribution in [0.15, 0.2) is 18.2 Å². The maximum atomic E-state index is 12.8. The van der Waals surface area contributed by atoms with Crippen molar-refractivity contribution in [3.05, 3.63) is 29.3 Å². The minimum absolute atomic E-state index is 0.0630. The molecule has 116 valence electrons. The van der Waals surface area contributed by atoms with Gasteiger partial charge in [0.15, 0.2) is 0 Å². The summed E-state index contributed by atoms with van der Waals surface area (Å²) in [7, 11) is 0. The standard InChI is InChI=1S/C17H26N2O2/c1-12(2)19(11-14-5-4-8-18-10-14)17(21)16-7-6-15(20)9-13(16)3/h6-7,9,12,14,18,20H,4-5,8,10-11H2,1-3H3. The third-order valence-electron chi connectivity index (χ3n) is 4.18. The fourth-order valence-corrected chi connectivity index (χ4v) is 2.93. The van der Waals surface area contributed by atoms with Crippen LogP contribution >= 0.6 is 0 Å². The van der Waals surface area contributed by atoms with Gasteiger partial charge in [0.2, 0.25) is 0 Å². The van der Waals surface area contributed by atoms with Crippen LogP contribution in [-0.2, 0) is 0 Å². The molecule has 1 aromatic rings. The van der Waals surface area contributed by atoms with Crippen LogP contribution < -0.4 is 5.32 Å². The molecule has 1 saturated heterocycles. The quantitative estimate of drug-likeness (QED) is 0.896. The highest BCUT2D eigenvalue weighted by molar-refractivity contribution is 5.96. The maximum absolute atomic E-state index is 12.8. The summed E-state index contributed by atoms with van der Waals surface area (Å²) in [6.07, 6.45) is 2.36. The number of carbonyl (C=O) groups excluding carboxylic acids is 1. The number of aryl methyl sites for hydroxylation is 1. The van der Waals surface area contributed by atoms with E-state index in [0.29, 0.717) is 11.5 Å². The first-order valence-electron chi connectivity index (χ1n) is 7.80. The second-order valence-electron chi connectivity index (χ2n) is 6.26. The number of aromatic hydroxyl groups is 1. The molecule has 1 aromatic carbocycles. The van der Waals surface area contributed by atoms with E-state index in [1.807, 2.05) is 11.8 Å². The molecule has 0 saturated carbocycles. The van der Waals surface area contributed by atoms with E-state index in [-0.39, 0.29) is 17.7 Å².